The molecule has 2 amide bonds. The van der Waals surface area contributed by atoms with E-state index in [0.29, 0.717) is 6.42 Å². The lowest BCUT2D eigenvalue weighted by Crippen LogP contribution is -2.57. The minimum atomic E-state index is -1.27. The van der Waals surface area contributed by atoms with Crippen molar-refractivity contribution in [3.05, 3.63) is 0 Å². The molecule has 0 aromatic carbocycles. The number of hydrogen-bond donors (Lipinski definition) is 5. The Morgan fingerprint density at radius 2 is 2.06 bits per heavy atom. The van der Waals surface area contributed by atoms with Crippen LogP contribution < -0.4 is 5.32 Å². The Morgan fingerprint density at radius 1 is 1.35 bits per heavy atom. The van der Waals surface area contributed by atoms with Gasteiger partial charge in [0.15, 0.2) is 6.23 Å². The van der Waals surface area contributed by atoms with Crippen LogP contribution in [0, 0.1) is 0 Å². The summed E-state index contributed by atoms with van der Waals surface area (Å²) in [5.74, 6) is 0. The Labute approximate surface area is 97.4 Å². The van der Waals surface area contributed by atoms with Gasteiger partial charge in [0.2, 0.25) is 0 Å². The van der Waals surface area contributed by atoms with Gasteiger partial charge in [-0.3, -0.25) is 4.90 Å². The number of ether oxygens (including phenoxy) is 1. The van der Waals surface area contributed by atoms with Gasteiger partial charge in [0.1, 0.15) is 24.5 Å². The van der Waals surface area contributed by atoms with Crippen molar-refractivity contribution in [3.8, 4) is 0 Å². The molecule has 2 aliphatic heterocycles. The zero-order valence-corrected chi connectivity index (χ0v) is 9.06. The Morgan fingerprint density at radius 3 is 2.59 bits per heavy atom. The quantitative estimate of drug-likeness (QED) is 0.359. The molecule has 17 heavy (non-hydrogen) atoms. The number of nitrogens with zero attached hydrogens (tertiary/aromatic N) is 1. The minimum absolute atomic E-state index is 0.208. The summed E-state index contributed by atoms with van der Waals surface area (Å²) in [6, 6.07) is -0.571. The SMILES string of the molecule is O=C1N[C@H](O)CCN1[C@@H]1O[C@@H](CO)[C@@H](O)[C@H]1O. The molecule has 0 saturated carbocycles. The van der Waals surface area contributed by atoms with E-state index in [4.69, 9.17) is 9.84 Å². The van der Waals surface area contributed by atoms with E-state index in [2.05, 4.69) is 5.32 Å². The van der Waals surface area contributed by atoms with Gasteiger partial charge < -0.3 is 30.5 Å². The normalized spacial score (nSPS) is 42.7. The van der Waals surface area contributed by atoms with Crippen molar-refractivity contribution >= 4 is 6.03 Å². The third-order valence-electron chi connectivity index (χ3n) is 3.02. The van der Waals surface area contributed by atoms with Gasteiger partial charge in [-0.05, 0) is 0 Å². The lowest BCUT2D eigenvalue weighted by atomic mass is 10.1. The minimum Gasteiger partial charge on any atom is -0.394 e. The summed E-state index contributed by atoms with van der Waals surface area (Å²) in [5, 5.41) is 39.7. The molecule has 8 heteroatoms. The van der Waals surface area contributed by atoms with Crippen LogP contribution in [0.3, 0.4) is 0 Å². The Bertz CT molecular complexity index is 301. The van der Waals surface area contributed by atoms with Crippen molar-refractivity contribution in [2.24, 2.45) is 0 Å². The molecule has 2 saturated heterocycles. The number of carbonyl (C=O) groups excluding carboxylic acids is 1. The molecule has 5 N–H and O–H groups in total. The van der Waals surface area contributed by atoms with Crippen molar-refractivity contribution in [2.75, 3.05) is 13.2 Å². The van der Waals surface area contributed by atoms with Gasteiger partial charge in [0.25, 0.3) is 0 Å². The van der Waals surface area contributed by atoms with E-state index in [-0.39, 0.29) is 6.54 Å². The van der Waals surface area contributed by atoms with E-state index in [9.17, 15) is 20.1 Å². The summed E-state index contributed by atoms with van der Waals surface area (Å²) in [4.78, 5) is 12.7. The van der Waals surface area contributed by atoms with Crippen LogP contribution in [0.15, 0.2) is 0 Å². The smallest absolute Gasteiger partial charge is 0.321 e. The topological polar surface area (TPSA) is 122 Å². The van der Waals surface area contributed by atoms with Crippen molar-refractivity contribution in [1.82, 2.24) is 10.2 Å². The third-order valence-corrected chi connectivity index (χ3v) is 3.02. The molecule has 0 radical (unpaired) electrons. The molecule has 0 unspecified atom stereocenters. The fraction of sp³-hybridized carbons (Fsp3) is 0.889. The zero-order chi connectivity index (χ0) is 12.6. The summed E-state index contributed by atoms with van der Waals surface area (Å²) in [7, 11) is 0. The second kappa shape index (κ2) is 4.75. The molecular weight excluding hydrogens is 232 g/mol. The molecule has 2 heterocycles. The Kier molecular flexibility index (Phi) is 3.50. The van der Waals surface area contributed by atoms with Crippen LogP contribution in [0.4, 0.5) is 4.79 Å². The molecular formula is C9H16N2O6. The van der Waals surface area contributed by atoms with Crippen molar-refractivity contribution in [1.29, 1.82) is 0 Å². The average molecular weight is 248 g/mol. The lowest BCUT2D eigenvalue weighted by Gasteiger charge is -2.35. The van der Waals surface area contributed by atoms with E-state index < -0.39 is 43.4 Å². The van der Waals surface area contributed by atoms with Crippen LogP contribution in [0.5, 0.6) is 0 Å². The highest BCUT2D eigenvalue weighted by atomic mass is 16.6. The maximum atomic E-state index is 11.6. The van der Waals surface area contributed by atoms with E-state index in [0.717, 1.165) is 0 Å². The van der Waals surface area contributed by atoms with Crippen LogP contribution in [-0.2, 0) is 4.74 Å². The molecule has 8 nitrogen and oxygen atoms in total. The molecule has 0 aliphatic carbocycles. The second-order valence-electron chi connectivity index (χ2n) is 4.18. The van der Waals surface area contributed by atoms with E-state index in [1.54, 1.807) is 0 Å². The number of amides is 2. The summed E-state index contributed by atoms with van der Waals surface area (Å²) < 4.78 is 5.21. The molecule has 5 atom stereocenters. The van der Waals surface area contributed by atoms with Crippen molar-refractivity contribution in [2.45, 2.75) is 37.2 Å². The maximum Gasteiger partial charge on any atom is 0.321 e. The van der Waals surface area contributed by atoms with Gasteiger partial charge in [0.05, 0.1) is 6.61 Å². The molecule has 2 fully saturated rings. The first-order chi connectivity index (χ1) is 8.04. The Hall–Kier alpha value is -0.930. The van der Waals surface area contributed by atoms with Crippen LogP contribution in [0.25, 0.3) is 0 Å². The summed E-state index contributed by atoms with van der Waals surface area (Å²) in [6.45, 7) is -0.230. The highest BCUT2D eigenvalue weighted by Crippen LogP contribution is 2.25. The van der Waals surface area contributed by atoms with Crippen LogP contribution >= 0.6 is 0 Å². The molecule has 0 spiro atoms. The summed E-state index contributed by atoms with van der Waals surface area (Å²) in [5.41, 5.74) is 0. The lowest BCUT2D eigenvalue weighted by molar-refractivity contribution is -0.0893. The average Bonchev–Trinajstić information content (AvgIpc) is 2.57. The van der Waals surface area contributed by atoms with Crippen molar-refractivity contribution < 1.29 is 30.0 Å². The number of carbonyl (C=O) groups is 1. The Balaban J connectivity index is 2.05. The highest BCUT2D eigenvalue weighted by Gasteiger charge is 2.47. The molecule has 2 rings (SSSR count). The van der Waals surface area contributed by atoms with Gasteiger partial charge >= 0.3 is 6.03 Å². The highest BCUT2D eigenvalue weighted by molar-refractivity contribution is 5.75. The number of aliphatic hydroxyl groups excluding tert-OH is 4. The molecule has 98 valence electrons. The molecule has 2 aliphatic rings. The summed E-state index contributed by atoms with van der Waals surface area (Å²) in [6.07, 6.45) is -5.02. The fourth-order valence-corrected chi connectivity index (χ4v) is 2.04. The zero-order valence-electron chi connectivity index (χ0n) is 9.06. The fourth-order valence-electron chi connectivity index (χ4n) is 2.04. The monoisotopic (exact) mass is 248 g/mol. The summed E-state index contributed by atoms with van der Waals surface area (Å²) >= 11 is 0. The third kappa shape index (κ3) is 2.22. The molecule has 0 aromatic rings. The van der Waals surface area contributed by atoms with Crippen LogP contribution in [0.2, 0.25) is 0 Å². The predicted molar refractivity (Wildman–Crippen MR) is 53.6 cm³/mol. The van der Waals surface area contributed by atoms with Crippen LogP contribution in [0.1, 0.15) is 6.42 Å². The largest absolute Gasteiger partial charge is 0.394 e. The number of rotatable bonds is 2. The standard InChI is InChI=1S/C9H16N2O6/c12-3-4-6(14)7(15)8(17-4)11-2-1-5(13)10-9(11)16/h4-8,12-15H,1-3H2,(H,10,16)/t4-,5+,6+,7+,8+/m0/s1. The van der Waals surface area contributed by atoms with E-state index in [1.165, 1.54) is 4.90 Å². The number of nitrogens with one attached hydrogen (secondary N) is 1. The second-order valence-corrected chi connectivity index (χ2v) is 4.18. The van der Waals surface area contributed by atoms with Crippen LogP contribution in [-0.4, -0.2) is 75.3 Å². The molecule has 0 aromatic heterocycles. The number of urea groups is 1. The number of hydrogen-bond acceptors (Lipinski definition) is 6. The number of aliphatic hydroxyl groups is 4. The maximum absolute atomic E-state index is 11.6. The van der Waals surface area contributed by atoms with Gasteiger partial charge in [-0.2, -0.15) is 0 Å². The van der Waals surface area contributed by atoms with Gasteiger partial charge in [-0.15, -0.1) is 0 Å². The van der Waals surface area contributed by atoms with Gasteiger partial charge in [0, 0.05) is 13.0 Å². The van der Waals surface area contributed by atoms with E-state index in [1.807, 2.05) is 0 Å². The first-order valence-corrected chi connectivity index (χ1v) is 5.42. The molecule has 0 bridgehead atoms. The van der Waals surface area contributed by atoms with Gasteiger partial charge in [-0.1, -0.05) is 0 Å². The van der Waals surface area contributed by atoms with Gasteiger partial charge in [-0.25, -0.2) is 4.79 Å². The first-order valence-electron chi connectivity index (χ1n) is 5.42. The van der Waals surface area contributed by atoms with Crippen molar-refractivity contribution in [3.63, 3.8) is 0 Å². The first kappa shape index (κ1) is 12.5. The van der Waals surface area contributed by atoms with E-state index >= 15 is 0 Å². The predicted octanol–water partition coefficient (Wildman–Crippen LogP) is -2.84.